The molecular weight excluding hydrogens is 202 g/mol. The number of hydrogen-bond donors (Lipinski definition) is 0. The average Bonchev–Trinajstić information content (AvgIpc) is 2.66. The highest BCUT2D eigenvalue weighted by Gasteiger charge is 2.27. The summed E-state index contributed by atoms with van der Waals surface area (Å²) in [5.74, 6) is 1.36. The number of ketones is 2. The van der Waals surface area contributed by atoms with Crippen LogP contribution in [0.15, 0.2) is 0 Å². The Kier molecular flexibility index (Phi) is 3.74. The number of hydrogen-bond acceptors (Lipinski definition) is 3. The van der Waals surface area contributed by atoms with E-state index in [-0.39, 0.29) is 5.92 Å². The summed E-state index contributed by atoms with van der Waals surface area (Å²) in [5.41, 5.74) is 0. The van der Waals surface area contributed by atoms with Gasteiger partial charge in [0.15, 0.2) is 0 Å². The maximum absolute atomic E-state index is 11.5. The van der Waals surface area contributed by atoms with Gasteiger partial charge < -0.3 is 4.90 Å². The molecule has 90 valence electrons. The van der Waals surface area contributed by atoms with Crippen LogP contribution < -0.4 is 0 Å². The minimum atomic E-state index is 0.188. The van der Waals surface area contributed by atoms with Gasteiger partial charge >= 0.3 is 0 Å². The molecule has 0 aromatic rings. The monoisotopic (exact) mass is 223 g/mol. The van der Waals surface area contributed by atoms with E-state index < -0.39 is 0 Å². The molecule has 0 amide bonds. The van der Waals surface area contributed by atoms with Crippen molar-refractivity contribution < 1.29 is 9.59 Å². The molecule has 0 radical (unpaired) electrons. The van der Waals surface area contributed by atoms with Crippen molar-refractivity contribution in [3.05, 3.63) is 0 Å². The average molecular weight is 223 g/mol. The second-order valence-corrected chi connectivity index (χ2v) is 5.26. The number of nitrogens with zero attached hydrogens (tertiary/aromatic N) is 1. The minimum absolute atomic E-state index is 0.188. The Balaban J connectivity index is 1.74. The van der Waals surface area contributed by atoms with Crippen LogP contribution in [-0.2, 0) is 9.59 Å². The van der Waals surface area contributed by atoms with E-state index in [9.17, 15) is 9.59 Å². The van der Waals surface area contributed by atoms with Gasteiger partial charge in [0, 0.05) is 37.8 Å². The van der Waals surface area contributed by atoms with Crippen molar-refractivity contribution in [1.29, 1.82) is 0 Å². The summed E-state index contributed by atoms with van der Waals surface area (Å²) in [6, 6.07) is 0. The summed E-state index contributed by atoms with van der Waals surface area (Å²) in [5, 5.41) is 0. The molecule has 3 nitrogen and oxygen atoms in total. The van der Waals surface area contributed by atoms with Crippen LogP contribution in [0.3, 0.4) is 0 Å². The maximum Gasteiger partial charge on any atom is 0.138 e. The number of carbonyl (C=O) groups excluding carboxylic acids is 2. The number of rotatable bonds is 3. The molecule has 2 rings (SSSR count). The first-order chi connectivity index (χ1) is 7.66. The van der Waals surface area contributed by atoms with Gasteiger partial charge in [-0.05, 0) is 25.8 Å². The number of likely N-dealkylation sites (tertiary alicyclic amines) is 1. The van der Waals surface area contributed by atoms with E-state index in [0.29, 0.717) is 23.9 Å². The third kappa shape index (κ3) is 2.70. The van der Waals surface area contributed by atoms with Crippen LogP contribution >= 0.6 is 0 Å². The summed E-state index contributed by atoms with van der Waals surface area (Å²) in [6.45, 7) is 4.78. The SMILES string of the molecule is CC1CN(CCC2CCCC2=O)CCC1=O. The second kappa shape index (κ2) is 5.09. The molecule has 0 N–H and O–H groups in total. The molecule has 3 heteroatoms. The summed E-state index contributed by atoms with van der Waals surface area (Å²) in [7, 11) is 0. The zero-order valence-electron chi connectivity index (χ0n) is 10.1. The Morgan fingerprint density at radius 1 is 1.25 bits per heavy atom. The molecule has 0 spiro atoms. The predicted octanol–water partition coefficient (Wildman–Crippen LogP) is 1.66. The fraction of sp³-hybridized carbons (Fsp3) is 0.846. The van der Waals surface area contributed by atoms with Crippen molar-refractivity contribution in [2.45, 2.75) is 39.0 Å². The number of carbonyl (C=O) groups is 2. The molecule has 1 saturated carbocycles. The summed E-state index contributed by atoms with van der Waals surface area (Å²) in [6.07, 6.45) is 4.65. The van der Waals surface area contributed by atoms with Crippen LogP contribution in [0.1, 0.15) is 39.0 Å². The Hall–Kier alpha value is -0.700. The van der Waals surface area contributed by atoms with E-state index in [1.54, 1.807) is 0 Å². The Morgan fingerprint density at radius 2 is 2.06 bits per heavy atom. The largest absolute Gasteiger partial charge is 0.302 e. The van der Waals surface area contributed by atoms with Crippen molar-refractivity contribution in [2.24, 2.45) is 11.8 Å². The van der Waals surface area contributed by atoms with Gasteiger partial charge in [-0.15, -0.1) is 0 Å². The zero-order chi connectivity index (χ0) is 11.5. The molecular formula is C13H21NO2. The fourth-order valence-corrected chi connectivity index (χ4v) is 2.83. The van der Waals surface area contributed by atoms with Gasteiger partial charge in [0.1, 0.15) is 11.6 Å². The second-order valence-electron chi connectivity index (χ2n) is 5.26. The van der Waals surface area contributed by atoms with E-state index in [0.717, 1.165) is 45.3 Å². The van der Waals surface area contributed by atoms with E-state index in [1.807, 2.05) is 6.92 Å². The molecule has 2 atom stereocenters. The number of Topliss-reactive ketones (excluding diaryl/α,β-unsaturated/α-hetero) is 2. The molecule has 16 heavy (non-hydrogen) atoms. The first-order valence-electron chi connectivity index (χ1n) is 6.44. The van der Waals surface area contributed by atoms with Crippen LogP contribution in [0.2, 0.25) is 0 Å². The summed E-state index contributed by atoms with van der Waals surface area (Å²) in [4.78, 5) is 25.2. The quantitative estimate of drug-likeness (QED) is 0.730. The van der Waals surface area contributed by atoms with E-state index in [4.69, 9.17) is 0 Å². The lowest BCUT2D eigenvalue weighted by Crippen LogP contribution is -2.40. The van der Waals surface area contributed by atoms with Gasteiger partial charge in [0.2, 0.25) is 0 Å². The van der Waals surface area contributed by atoms with Crippen LogP contribution in [0.5, 0.6) is 0 Å². The Labute approximate surface area is 97.2 Å². The molecule has 2 fully saturated rings. The minimum Gasteiger partial charge on any atom is -0.302 e. The van der Waals surface area contributed by atoms with Crippen molar-refractivity contribution in [1.82, 2.24) is 4.90 Å². The van der Waals surface area contributed by atoms with Gasteiger partial charge in [-0.2, -0.15) is 0 Å². The highest BCUT2D eigenvalue weighted by Crippen LogP contribution is 2.25. The maximum atomic E-state index is 11.5. The van der Waals surface area contributed by atoms with Crippen molar-refractivity contribution in [2.75, 3.05) is 19.6 Å². The van der Waals surface area contributed by atoms with E-state index in [2.05, 4.69) is 4.90 Å². The smallest absolute Gasteiger partial charge is 0.138 e. The van der Waals surface area contributed by atoms with Crippen LogP contribution in [-0.4, -0.2) is 36.1 Å². The van der Waals surface area contributed by atoms with Crippen LogP contribution in [0.25, 0.3) is 0 Å². The first-order valence-corrected chi connectivity index (χ1v) is 6.44. The lowest BCUT2D eigenvalue weighted by molar-refractivity contribution is -0.126. The van der Waals surface area contributed by atoms with Gasteiger partial charge in [0.05, 0.1) is 0 Å². The predicted molar refractivity (Wildman–Crippen MR) is 62.2 cm³/mol. The molecule has 1 heterocycles. The van der Waals surface area contributed by atoms with E-state index >= 15 is 0 Å². The Bertz CT molecular complexity index is 288. The molecule has 2 aliphatic rings. The highest BCUT2D eigenvalue weighted by molar-refractivity contribution is 5.83. The normalized spacial score (nSPS) is 32.3. The van der Waals surface area contributed by atoms with Crippen molar-refractivity contribution >= 4 is 11.6 Å². The van der Waals surface area contributed by atoms with Crippen molar-refractivity contribution in [3.8, 4) is 0 Å². The fourth-order valence-electron chi connectivity index (χ4n) is 2.83. The molecule has 0 aromatic carbocycles. The summed E-state index contributed by atoms with van der Waals surface area (Å²) < 4.78 is 0. The molecule has 1 aliphatic carbocycles. The van der Waals surface area contributed by atoms with Crippen LogP contribution in [0.4, 0.5) is 0 Å². The molecule has 2 unspecified atom stereocenters. The topological polar surface area (TPSA) is 37.4 Å². The van der Waals surface area contributed by atoms with E-state index in [1.165, 1.54) is 0 Å². The third-order valence-electron chi connectivity index (χ3n) is 3.98. The molecule has 1 aliphatic heterocycles. The van der Waals surface area contributed by atoms with Gasteiger partial charge in [-0.25, -0.2) is 0 Å². The summed E-state index contributed by atoms with van der Waals surface area (Å²) >= 11 is 0. The molecule has 0 aromatic heterocycles. The van der Waals surface area contributed by atoms with Crippen molar-refractivity contribution in [3.63, 3.8) is 0 Å². The van der Waals surface area contributed by atoms with Gasteiger partial charge in [-0.3, -0.25) is 9.59 Å². The zero-order valence-corrected chi connectivity index (χ0v) is 10.1. The highest BCUT2D eigenvalue weighted by atomic mass is 16.1. The van der Waals surface area contributed by atoms with Gasteiger partial charge in [-0.1, -0.05) is 6.92 Å². The number of piperidine rings is 1. The lowest BCUT2D eigenvalue weighted by atomic mass is 9.97. The Morgan fingerprint density at radius 3 is 2.69 bits per heavy atom. The third-order valence-corrected chi connectivity index (χ3v) is 3.98. The standard InChI is InChI=1S/C13H21NO2/c1-10-9-14(8-6-12(10)15)7-5-11-3-2-4-13(11)16/h10-11H,2-9H2,1H3. The lowest BCUT2D eigenvalue weighted by Gasteiger charge is -2.30. The van der Waals surface area contributed by atoms with Gasteiger partial charge in [0.25, 0.3) is 0 Å². The molecule has 1 saturated heterocycles. The molecule has 0 bridgehead atoms. The first kappa shape index (κ1) is 11.8. The van der Waals surface area contributed by atoms with Crippen LogP contribution in [0, 0.1) is 11.8 Å².